The highest BCUT2D eigenvalue weighted by molar-refractivity contribution is 7.13. The summed E-state index contributed by atoms with van der Waals surface area (Å²) in [7, 11) is 1.59. The highest BCUT2D eigenvalue weighted by atomic mass is 32.1. The van der Waals surface area contributed by atoms with E-state index in [-0.39, 0.29) is 6.03 Å². The van der Waals surface area contributed by atoms with Crippen LogP contribution in [-0.4, -0.2) is 28.1 Å². The average molecular weight is 418 g/mol. The summed E-state index contributed by atoms with van der Waals surface area (Å²) in [6.45, 7) is 0. The molecule has 150 valence electrons. The first-order chi connectivity index (χ1) is 14.6. The summed E-state index contributed by atoms with van der Waals surface area (Å²) < 4.78 is 5.11. The maximum atomic E-state index is 12.3. The maximum absolute atomic E-state index is 12.3. The van der Waals surface area contributed by atoms with Crippen LogP contribution in [0.3, 0.4) is 0 Å². The molecule has 0 aliphatic carbocycles. The van der Waals surface area contributed by atoms with Crippen LogP contribution in [-0.2, 0) is 0 Å². The normalized spacial score (nSPS) is 10.4. The van der Waals surface area contributed by atoms with Gasteiger partial charge in [0.25, 0.3) is 0 Å². The van der Waals surface area contributed by atoms with Crippen molar-refractivity contribution in [3.05, 3.63) is 66.4 Å². The van der Waals surface area contributed by atoms with E-state index in [0.717, 1.165) is 22.0 Å². The SMILES string of the molecule is COc1ccc(NC(=O)Nc2cccc(-c3csc(-c4cncnc4N)n3)c2)cc1. The van der Waals surface area contributed by atoms with Crippen LogP contribution in [0.2, 0.25) is 0 Å². The van der Waals surface area contributed by atoms with Gasteiger partial charge in [-0.05, 0) is 36.4 Å². The number of nitrogens with two attached hydrogens (primary N) is 1. The third-order valence-electron chi connectivity index (χ3n) is 4.24. The number of thiazole rings is 1. The van der Waals surface area contributed by atoms with Gasteiger partial charge in [-0.15, -0.1) is 11.3 Å². The molecule has 9 heteroatoms. The van der Waals surface area contributed by atoms with Gasteiger partial charge in [0.15, 0.2) is 0 Å². The number of hydrogen-bond acceptors (Lipinski definition) is 7. The van der Waals surface area contributed by atoms with E-state index in [9.17, 15) is 4.79 Å². The van der Waals surface area contributed by atoms with Gasteiger partial charge >= 0.3 is 6.03 Å². The lowest BCUT2D eigenvalue weighted by Crippen LogP contribution is -2.19. The molecule has 0 fully saturated rings. The molecule has 0 radical (unpaired) electrons. The number of anilines is 3. The lowest BCUT2D eigenvalue weighted by molar-refractivity contribution is 0.262. The van der Waals surface area contributed by atoms with Crippen molar-refractivity contribution in [3.8, 4) is 27.6 Å². The summed E-state index contributed by atoms with van der Waals surface area (Å²) in [4.78, 5) is 25.0. The molecule has 4 rings (SSSR count). The number of nitrogen functional groups attached to an aromatic ring is 1. The molecule has 2 aromatic heterocycles. The molecule has 4 N–H and O–H groups in total. The van der Waals surface area contributed by atoms with Crippen molar-refractivity contribution in [3.63, 3.8) is 0 Å². The third-order valence-corrected chi connectivity index (χ3v) is 5.12. The van der Waals surface area contributed by atoms with Gasteiger partial charge in [-0.2, -0.15) is 0 Å². The summed E-state index contributed by atoms with van der Waals surface area (Å²) in [6, 6.07) is 14.2. The number of carbonyl (C=O) groups is 1. The Morgan fingerprint density at radius 1 is 1.10 bits per heavy atom. The molecular weight excluding hydrogens is 400 g/mol. The molecular formula is C21H18N6O2S. The van der Waals surface area contributed by atoms with Crippen molar-refractivity contribution < 1.29 is 9.53 Å². The van der Waals surface area contributed by atoms with E-state index >= 15 is 0 Å². The number of ether oxygens (including phenoxy) is 1. The van der Waals surface area contributed by atoms with Crippen molar-refractivity contribution in [1.29, 1.82) is 0 Å². The Labute approximate surface area is 176 Å². The van der Waals surface area contributed by atoms with Crippen LogP contribution in [0.1, 0.15) is 0 Å². The molecule has 0 atom stereocenters. The Morgan fingerprint density at radius 3 is 2.67 bits per heavy atom. The first-order valence-electron chi connectivity index (χ1n) is 8.96. The van der Waals surface area contributed by atoms with E-state index in [1.165, 1.54) is 17.7 Å². The number of urea groups is 1. The zero-order chi connectivity index (χ0) is 20.9. The van der Waals surface area contributed by atoms with E-state index < -0.39 is 0 Å². The van der Waals surface area contributed by atoms with Gasteiger partial charge in [0.05, 0.1) is 18.4 Å². The number of amides is 2. The van der Waals surface area contributed by atoms with Gasteiger partial charge in [0.2, 0.25) is 0 Å². The fraction of sp³-hybridized carbons (Fsp3) is 0.0476. The minimum atomic E-state index is -0.342. The van der Waals surface area contributed by atoms with Crippen molar-refractivity contribution >= 4 is 34.6 Å². The predicted molar refractivity (Wildman–Crippen MR) is 119 cm³/mol. The summed E-state index contributed by atoms with van der Waals surface area (Å²) in [5, 5.41) is 8.28. The minimum Gasteiger partial charge on any atom is -0.497 e. The highest BCUT2D eigenvalue weighted by Crippen LogP contribution is 2.31. The van der Waals surface area contributed by atoms with Crippen molar-refractivity contribution in [2.24, 2.45) is 0 Å². The summed E-state index contributed by atoms with van der Waals surface area (Å²) in [6.07, 6.45) is 3.05. The second-order valence-electron chi connectivity index (χ2n) is 6.25. The van der Waals surface area contributed by atoms with Gasteiger partial charge in [-0.3, -0.25) is 0 Å². The zero-order valence-corrected chi connectivity index (χ0v) is 16.8. The Hall–Kier alpha value is -3.98. The predicted octanol–water partition coefficient (Wildman–Crippen LogP) is 4.50. The average Bonchev–Trinajstić information content (AvgIpc) is 3.25. The molecule has 4 aromatic rings. The number of nitrogens with one attached hydrogen (secondary N) is 2. The standard InChI is InChI=1S/C21H18N6O2S/c1-29-16-7-5-14(6-8-16)25-21(28)26-15-4-2-3-13(9-15)18-11-30-20(27-18)17-10-23-12-24-19(17)22/h2-12H,1H3,(H2,22,23,24)(H2,25,26,28). The fourth-order valence-corrected chi connectivity index (χ4v) is 3.61. The van der Waals surface area contributed by atoms with E-state index in [2.05, 4.69) is 25.6 Å². The number of benzene rings is 2. The van der Waals surface area contributed by atoms with Crippen molar-refractivity contribution in [2.75, 3.05) is 23.5 Å². The molecule has 2 aromatic carbocycles. The first-order valence-corrected chi connectivity index (χ1v) is 9.84. The van der Waals surface area contributed by atoms with Gasteiger partial charge in [0.1, 0.15) is 22.9 Å². The van der Waals surface area contributed by atoms with Gasteiger partial charge in [-0.1, -0.05) is 12.1 Å². The maximum Gasteiger partial charge on any atom is 0.323 e. The second kappa shape index (κ2) is 8.58. The van der Waals surface area contributed by atoms with Gasteiger partial charge in [-0.25, -0.2) is 19.7 Å². The molecule has 0 aliphatic heterocycles. The molecule has 0 saturated carbocycles. The van der Waals surface area contributed by atoms with Crippen molar-refractivity contribution in [1.82, 2.24) is 15.0 Å². The summed E-state index contributed by atoms with van der Waals surface area (Å²) in [5.74, 6) is 1.11. The molecule has 0 saturated heterocycles. The van der Waals surface area contributed by atoms with Gasteiger partial charge in [0, 0.05) is 28.5 Å². The Kier molecular flexibility index (Phi) is 5.53. The Balaban J connectivity index is 1.47. The Bertz CT molecular complexity index is 1180. The van der Waals surface area contributed by atoms with Crippen LogP contribution in [0.5, 0.6) is 5.75 Å². The molecule has 0 bridgehead atoms. The Morgan fingerprint density at radius 2 is 1.90 bits per heavy atom. The molecule has 0 aliphatic rings. The number of hydrogen-bond donors (Lipinski definition) is 3. The second-order valence-corrected chi connectivity index (χ2v) is 7.11. The van der Waals surface area contributed by atoms with Crippen LogP contribution >= 0.6 is 11.3 Å². The smallest absolute Gasteiger partial charge is 0.323 e. The van der Waals surface area contributed by atoms with E-state index in [0.29, 0.717) is 22.8 Å². The largest absolute Gasteiger partial charge is 0.497 e. The number of carbonyl (C=O) groups excluding carboxylic acids is 1. The van der Waals surface area contributed by atoms with Crippen molar-refractivity contribution in [2.45, 2.75) is 0 Å². The van der Waals surface area contributed by atoms with Crippen LogP contribution in [0.25, 0.3) is 21.8 Å². The van der Waals surface area contributed by atoms with E-state index in [4.69, 9.17) is 10.5 Å². The zero-order valence-electron chi connectivity index (χ0n) is 16.0. The highest BCUT2D eigenvalue weighted by Gasteiger charge is 2.11. The monoisotopic (exact) mass is 418 g/mol. The number of methoxy groups -OCH3 is 1. The first kappa shape index (κ1) is 19.3. The summed E-state index contributed by atoms with van der Waals surface area (Å²) >= 11 is 1.46. The quantitative estimate of drug-likeness (QED) is 0.439. The van der Waals surface area contributed by atoms with E-state index in [1.807, 2.05) is 29.6 Å². The minimum absolute atomic E-state index is 0.342. The molecule has 8 nitrogen and oxygen atoms in total. The molecule has 30 heavy (non-hydrogen) atoms. The van der Waals surface area contributed by atoms with Crippen LogP contribution in [0.4, 0.5) is 22.0 Å². The van der Waals surface area contributed by atoms with Crippen LogP contribution in [0, 0.1) is 0 Å². The topological polar surface area (TPSA) is 115 Å². The number of rotatable bonds is 5. The van der Waals surface area contributed by atoms with Crippen LogP contribution in [0.15, 0.2) is 66.4 Å². The number of nitrogens with zero attached hydrogens (tertiary/aromatic N) is 3. The fourth-order valence-electron chi connectivity index (χ4n) is 2.76. The summed E-state index contributed by atoms with van der Waals surface area (Å²) in [5.41, 5.74) is 9.57. The third kappa shape index (κ3) is 4.36. The molecule has 0 spiro atoms. The van der Waals surface area contributed by atoms with Crippen LogP contribution < -0.4 is 21.1 Å². The lowest BCUT2D eigenvalue weighted by Gasteiger charge is -2.09. The lowest BCUT2D eigenvalue weighted by atomic mass is 10.1. The van der Waals surface area contributed by atoms with E-state index in [1.54, 1.807) is 37.6 Å². The van der Waals surface area contributed by atoms with Gasteiger partial charge < -0.3 is 21.1 Å². The molecule has 2 amide bonds. The molecule has 0 unspecified atom stereocenters. The number of aromatic nitrogens is 3. The molecule has 2 heterocycles.